The minimum absolute atomic E-state index is 0.217. The fourth-order valence-electron chi connectivity index (χ4n) is 3.50. The SMILES string of the molecule is O=C(NCC#Cc1ccccc1)C1CC2CCC1C2. The van der Waals surface area contributed by atoms with E-state index in [2.05, 4.69) is 17.2 Å². The average molecular weight is 253 g/mol. The third kappa shape index (κ3) is 2.81. The second kappa shape index (κ2) is 5.48. The van der Waals surface area contributed by atoms with Crippen LogP contribution in [0.5, 0.6) is 0 Å². The van der Waals surface area contributed by atoms with E-state index in [9.17, 15) is 4.79 Å². The maximum Gasteiger partial charge on any atom is 0.224 e. The lowest BCUT2D eigenvalue weighted by molar-refractivity contribution is -0.126. The molecule has 1 aromatic carbocycles. The molecule has 2 heteroatoms. The van der Waals surface area contributed by atoms with Crippen LogP contribution in [0.1, 0.15) is 31.2 Å². The Balaban J connectivity index is 1.48. The van der Waals surface area contributed by atoms with Crippen LogP contribution in [0.4, 0.5) is 0 Å². The summed E-state index contributed by atoms with van der Waals surface area (Å²) in [5.41, 5.74) is 0.997. The zero-order valence-corrected chi connectivity index (χ0v) is 11.1. The van der Waals surface area contributed by atoms with Gasteiger partial charge in [0, 0.05) is 11.5 Å². The minimum Gasteiger partial charge on any atom is -0.345 e. The fourth-order valence-corrected chi connectivity index (χ4v) is 3.50. The number of hydrogen-bond acceptors (Lipinski definition) is 1. The van der Waals surface area contributed by atoms with Gasteiger partial charge < -0.3 is 5.32 Å². The van der Waals surface area contributed by atoms with Crippen molar-refractivity contribution in [1.82, 2.24) is 5.32 Å². The highest BCUT2D eigenvalue weighted by Crippen LogP contribution is 2.48. The molecule has 0 aromatic heterocycles. The molecule has 0 heterocycles. The van der Waals surface area contributed by atoms with E-state index in [-0.39, 0.29) is 11.8 Å². The van der Waals surface area contributed by atoms with Crippen LogP contribution in [0.2, 0.25) is 0 Å². The Bertz CT molecular complexity index is 511. The first kappa shape index (κ1) is 12.3. The predicted octanol–water partition coefficient (Wildman–Crippen LogP) is 2.59. The molecular weight excluding hydrogens is 234 g/mol. The highest BCUT2D eigenvalue weighted by molar-refractivity contribution is 5.79. The Hall–Kier alpha value is -1.75. The summed E-state index contributed by atoms with van der Waals surface area (Å²) in [4.78, 5) is 12.1. The number of benzene rings is 1. The zero-order valence-electron chi connectivity index (χ0n) is 11.1. The van der Waals surface area contributed by atoms with Crippen LogP contribution in [-0.2, 0) is 4.79 Å². The monoisotopic (exact) mass is 253 g/mol. The molecule has 0 aliphatic heterocycles. The van der Waals surface area contributed by atoms with E-state index in [0.29, 0.717) is 12.5 Å². The average Bonchev–Trinajstić information content (AvgIpc) is 3.07. The molecule has 3 unspecified atom stereocenters. The Labute approximate surface area is 114 Å². The van der Waals surface area contributed by atoms with Gasteiger partial charge in [-0.15, -0.1) is 0 Å². The molecule has 3 atom stereocenters. The molecule has 2 aliphatic rings. The highest BCUT2D eigenvalue weighted by Gasteiger charge is 2.42. The second-order valence-electron chi connectivity index (χ2n) is 5.67. The van der Waals surface area contributed by atoms with Gasteiger partial charge in [-0.05, 0) is 43.2 Å². The first-order valence-corrected chi connectivity index (χ1v) is 7.14. The molecule has 0 saturated heterocycles. The largest absolute Gasteiger partial charge is 0.345 e. The van der Waals surface area contributed by atoms with Crippen LogP contribution in [0, 0.1) is 29.6 Å². The van der Waals surface area contributed by atoms with Gasteiger partial charge in [-0.3, -0.25) is 4.79 Å². The Morgan fingerprint density at radius 2 is 2.05 bits per heavy atom. The fraction of sp³-hybridized carbons (Fsp3) is 0.471. The van der Waals surface area contributed by atoms with Gasteiger partial charge in [-0.2, -0.15) is 0 Å². The van der Waals surface area contributed by atoms with E-state index in [1.807, 2.05) is 30.3 Å². The zero-order chi connectivity index (χ0) is 13.1. The van der Waals surface area contributed by atoms with Crippen LogP contribution in [0.3, 0.4) is 0 Å². The normalized spacial score (nSPS) is 27.7. The van der Waals surface area contributed by atoms with E-state index >= 15 is 0 Å². The van der Waals surface area contributed by atoms with Crippen molar-refractivity contribution in [2.24, 2.45) is 17.8 Å². The van der Waals surface area contributed by atoms with Crippen molar-refractivity contribution in [3.05, 3.63) is 35.9 Å². The van der Waals surface area contributed by atoms with Gasteiger partial charge in [0.1, 0.15) is 0 Å². The molecule has 1 amide bonds. The van der Waals surface area contributed by atoms with Crippen molar-refractivity contribution < 1.29 is 4.79 Å². The van der Waals surface area contributed by atoms with Crippen LogP contribution in [-0.4, -0.2) is 12.5 Å². The summed E-state index contributed by atoms with van der Waals surface area (Å²) in [7, 11) is 0. The minimum atomic E-state index is 0.217. The summed E-state index contributed by atoms with van der Waals surface area (Å²) in [6.45, 7) is 0.460. The van der Waals surface area contributed by atoms with E-state index in [0.717, 1.165) is 17.9 Å². The molecule has 2 saturated carbocycles. The molecular formula is C17H19NO. The van der Waals surface area contributed by atoms with Gasteiger partial charge in [-0.25, -0.2) is 0 Å². The summed E-state index contributed by atoms with van der Waals surface area (Å²) in [6.07, 6.45) is 4.96. The predicted molar refractivity (Wildman–Crippen MR) is 75.3 cm³/mol. The quantitative estimate of drug-likeness (QED) is 0.806. The number of hydrogen-bond donors (Lipinski definition) is 1. The number of rotatable bonds is 2. The van der Waals surface area contributed by atoms with Gasteiger partial charge in [0.05, 0.1) is 6.54 Å². The standard InChI is InChI=1S/C17H19NO/c19-17(16-12-14-8-9-15(16)11-14)18-10-4-7-13-5-2-1-3-6-13/h1-3,5-6,14-16H,8-12H2,(H,18,19). The van der Waals surface area contributed by atoms with Crippen molar-refractivity contribution in [3.8, 4) is 11.8 Å². The molecule has 2 aliphatic carbocycles. The Kier molecular flexibility index (Phi) is 3.55. The number of amides is 1. The highest BCUT2D eigenvalue weighted by atomic mass is 16.1. The molecule has 19 heavy (non-hydrogen) atoms. The maximum atomic E-state index is 12.1. The summed E-state index contributed by atoms with van der Waals surface area (Å²) >= 11 is 0. The van der Waals surface area contributed by atoms with Crippen molar-refractivity contribution in [2.75, 3.05) is 6.54 Å². The Morgan fingerprint density at radius 1 is 1.21 bits per heavy atom. The number of fused-ring (bicyclic) bond motifs is 2. The topological polar surface area (TPSA) is 29.1 Å². The molecule has 98 valence electrons. The molecule has 3 rings (SSSR count). The van der Waals surface area contributed by atoms with E-state index in [1.165, 1.54) is 19.3 Å². The van der Waals surface area contributed by atoms with Gasteiger partial charge in [-0.1, -0.05) is 36.5 Å². The van der Waals surface area contributed by atoms with E-state index < -0.39 is 0 Å². The van der Waals surface area contributed by atoms with Crippen LogP contribution in [0.25, 0.3) is 0 Å². The van der Waals surface area contributed by atoms with Crippen molar-refractivity contribution >= 4 is 5.91 Å². The summed E-state index contributed by atoms with van der Waals surface area (Å²) in [5, 5.41) is 2.97. The first-order chi connectivity index (χ1) is 9.33. The molecule has 2 bridgehead atoms. The van der Waals surface area contributed by atoms with Crippen molar-refractivity contribution in [3.63, 3.8) is 0 Å². The van der Waals surface area contributed by atoms with Gasteiger partial charge in [0.25, 0.3) is 0 Å². The van der Waals surface area contributed by atoms with Crippen molar-refractivity contribution in [1.29, 1.82) is 0 Å². The molecule has 2 nitrogen and oxygen atoms in total. The Morgan fingerprint density at radius 3 is 2.74 bits per heavy atom. The molecule has 0 spiro atoms. The summed E-state index contributed by atoms with van der Waals surface area (Å²) < 4.78 is 0. The van der Waals surface area contributed by atoms with Crippen molar-refractivity contribution in [2.45, 2.75) is 25.7 Å². The van der Waals surface area contributed by atoms with Crippen LogP contribution in [0.15, 0.2) is 30.3 Å². The molecule has 0 radical (unpaired) electrons. The maximum absolute atomic E-state index is 12.1. The number of carbonyl (C=O) groups is 1. The van der Waals surface area contributed by atoms with Gasteiger partial charge >= 0.3 is 0 Å². The molecule has 1 aromatic rings. The lowest BCUT2D eigenvalue weighted by Crippen LogP contribution is -2.33. The first-order valence-electron chi connectivity index (χ1n) is 7.14. The smallest absolute Gasteiger partial charge is 0.224 e. The lowest BCUT2D eigenvalue weighted by atomic mass is 9.88. The third-order valence-electron chi connectivity index (χ3n) is 4.43. The van der Waals surface area contributed by atoms with E-state index in [1.54, 1.807) is 0 Å². The second-order valence-corrected chi connectivity index (χ2v) is 5.67. The van der Waals surface area contributed by atoms with Crippen LogP contribution < -0.4 is 5.32 Å². The van der Waals surface area contributed by atoms with Crippen LogP contribution >= 0.6 is 0 Å². The lowest BCUT2D eigenvalue weighted by Gasteiger charge is -2.19. The van der Waals surface area contributed by atoms with Gasteiger partial charge in [0.15, 0.2) is 0 Å². The van der Waals surface area contributed by atoms with Gasteiger partial charge in [0.2, 0.25) is 5.91 Å². The molecule has 1 N–H and O–H groups in total. The molecule has 2 fully saturated rings. The number of nitrogens with one attached hydrogen (secondary N) is 1. The summed E-state index contributed by atoms with van der Waals surface area (Å²) in [5.74, 6) is 8.02. The summed E-state index contributed by atoms with van der Waals surface area (Å²) in [6, 6.07) is 9.87. The third-order valence-corrected chi connectivity index (χ3v) is 4.43. The van der Waals surface area contributed by atoms with E-state index in [4.69, 9.17) is 0 Å². The number of carbonyl (C=O) groups excluding carboxylic acids is 1.